The number of halogens is 3. The molecule has 1 aliphatic rings. The first-order chi connectivity index (χ1) is 15.4. The quantitative estimate of drug-likeness (QED) is 0.225. The van der Waals surface area contributed by atoms with Gasteiger partial charge in [0.2, 0.25) is 0 Å². The summed E-state index contributed by atoms with van der Waals surface area (Å²) in [6, 6.07) is 7.65. The van der Waals surface area contributed by atoms with Gasteiger partial charge in [-0.25, -0.2) is 4.79 Å². The summed E-state index contributed by atoms with van der Waals surface area (Å²) >= 11 is 0. The SMILES string of the molecule is CO[C@H]1O[C@H](C)[C@@H](O[Si](C)(C)C(C)(C)C)[C@@H](OS(=O)(=O)C(F)(F)F)[C@H]1OC(=O)c1ccccc1. The first kappa shape index (κ1) is 28.7. The third kappa shape index (κ3) is 6.37. The van der Waals surface area contributed by atoms with E-state index in [-0.39, 0.29) is 10.6 Å². The summed E-state index contributed by atoms with van der Waals surface area (Å²) in [5.41, 5.74) is -5.61. The minimum absolute atomic E-state index is 0.0928. The van der Waals surface area contributed by atoms with Gasteiger partial charge in [-0.05, 0) is 37.2 Å². The van der Waals surface area contributed by atoms with Gasteiger partial charge in [0.05, 0.1) is 11.7 Å². The van der Waals surface area contributed by atoms with Gasteiger partial charge in [0, 0.05) is 7.11 Å². The number of hydrogen-bond donors (Lipinski definition) is 0. The van der Waals surface area contributed by atoms with Gasteiger partial charge in [-0.3, -0.25) is 4.18 Å². The largest absolute Gasteiger partial charge is 0.523 e. The van der Waals surface area contributed by atoms with Crippen molar-refractivity contribution < 1.29 is 49.2 Å². The van der Waals surface area contributed by atoms with Crippen molar-refractivity contribution in [2.24, 2.45) is 0 Å². The van der Waals surface area contributed by atoms with Crippen LogP contribution in [0, 0.1) is 0 Å². The van der Waals surface area contributed by atoms with Crippen LogP contribution < -0.4 is 0 Å². The first-order valence-electron chi connectivity index (χ1n) is 10.5. The molecule has 0 N–H and O–H groups in total. The van der Waals surface area contributed by atoms with Gasteiger partial charge < -0.3 is 18.6 Å². The lowest BCUT2D eigenvalue weighted by atomic mass is 9.99. The molecule has 194 valence electrons. The number of rotatable bonds is 7. The van der Waals surface area contributed by atoms with Crippen molar-refractivity contribution in [3.63, 3.8) is 0 Å². The van der Waals surface area contributed by atoms with Crippen LogP contribution in [0.15, 0.2) is 30.3 Å². The molecule has 5 atom stereocenters. The fourth-order valence-electron chi connectivity index (χ4n) is 3.04. The van der Waals surface area contributed by atoms with E-state index in [9.17, 15) is 26.4 Å². The number of esters is 1. The molecule has 13 heteroatoms. The Balaban J connectivity index is 2.54. The van der Waals surface area contributed by atoms with E-state index < -0.39 is 60.6 Å². The maximum absolute atomic E-state index is 13.3. The molecular weight excluding hydrogens is 497 g/mol. The van der Waals surface area contributed by atoms with Crippen LogP contribution in [0.2, 0.25) is 18.1 Å². The smallest absolute Gasteiger partial charge is 0.450 e. The summed E-state index contributed by atoms with van der Waals surface area (Å²) in [5.74, 6) is -0.921. The van der Waals surface area contributed by atoms with Crippen LogP contribution in [0.4, 0.5) is 13.2 Å². The lowest BCUT2D eigenvalue weighted by molar-refractivity contribution is -0.278. The standard InChI is InChI=1S/C21H31F3O8SSi/c1-13-15(32-34(6,7)20(2,3)4)16(31-33(26,27)21(22,23)24)17(19(28-5)29-13)30-18(25)14-11-9-8-10-12-14/h8-13,15-17,19H,1-7H3/t13-,15-,16-,17-,19+/m1/s1. The van der Waals surface area contributed by atoms with Crippen LogP contribution in [0.3, 0.4) is 0 Å². The van der Waals surface area contributed by atoms with Gasteiger partial charge in [0.15, 0.2) is 20.7 Å². The van der Waals surface area contributed by atoms with E-state index in [1.165, 1.54) is 26.2 Å². The minimum atomic E-state index is -6.08. The van der Waals surface area contributed by atoms with Gasteiger partial charge in [-0.2, -0.15) is 21.6 Å². The van der Waals surface area contributed by atoms with E-state index in [0.29, 0.717) is 0 Å². The molecule has 0 aromatic heterocycles. The molecular formula is C21H31F3O8SSi. The van der Waals surface area contributed by atoms with Crippen LogP contribution in [0.25, 0.3) is 0 Å². The molecule has 0 unspecified atom stereocenters. The van der Waals surface area contributed by atoms with Gasteiger partial charge in [0.25, 0.3) is 0 Å². The highest BCUT2D eigenvalue weighted by Crippen LogP contribution is 2.41. The van der Waals surface area contributed by atoms with E-state index in [4.69, 9.17) is 18.6 Å². The Kier molecular flexibility index (Phi) is 8.64. The summed E-state index contributed by atoms with van der Waals surface area (Å²) in [4.78, 5) is 12.7. The Bertz CT molecular complexity index is 947. The van der Waals surface area contributed by atoms with E-state index in [1.807, 2.05) is 33.9 Å². The number of benzene rings is 1. The van der Waals surface area contributed by atoms with E-state index in [0.717, 1.165) is 0 Å². The van der Waals surface area contributed by atoms with Crippen LogP contribution in [-0.2, 0) is 32.9 Å². The summed E-state index contributed by atoms with van der Waals surface area (Å²) < 4.78 is 91.1. The number of carbonyl (C=O) groups is 1. The molecule has 0 aliphatic carbocycles. The number of hydrogen-bond acceptors (Lipinski definition) is 8. The molecule has 0 bridgehead atoms. The molecule has 0 radical (unpaired) electrons. The summed E-state index contributed by atoms with van der Waals surface area (Å²) in [6.45, 7) is 10.9. The number of alkyl halides is 3. The highest BCUT2D eigenvalue weighted by Gasteiger charge is 2.57. The minimum Gasteiger partial charge on any atom is -0.450 e. The lowest BCUT2D eigenvalue weighted by Gasteiger charge is -2.48. The number of ether oxygens (including phenoxy) is 3. The third-order valence-corrected chi connectivity index (χ3v) is 11.5. The molecule has 1 aromatic carbocycles. The normalized spacial score (nSPS) is 26.8. The number of carbonyl (C=O) groups excluding carboxylic acids is 1. The zero-order valence-corrected chi connectivity index (χ0v) is 21.9. The molecule has 1 aliphatic heterocycles. The van der Waals surface area contributed by atoms with Gasteiger partial charge in [-0.1, -0.05) is 39.0 Å². The van der Waals surface area contributed by atoms with Crippen molar-refractivity contribution in [1.29, 1.82) is 0 Å². The molecule has 0 spiro atoms. The fraction of sp³-hybridized carbons (Fsp3) is 0.667. The van der Waals surface area contributed by atoms with Crippen molar-refractivity contribution in [3.8, 4) is 0 Å². The second-order valence-corrected chi connectivity index (χ2v) is 15.8. The zero-order valence-electron chi connectivity index (χ0n) is 20.1. The van der Waals surface area contributed by atoms with Crippen LogP contribution in [-0.4, -0.2) is 66.0 Å². The fourth-order valence-corrected chi connectivity index (χ4v) is 5.02. The predicted molar refractivity (Wildman–Crippen MR) is 119 cm³/mol. The van der Waals surface area contributed by atoms with Crippen molar-refractivity contribution >= 4 is 24.4 Å². The van der Waals surface area contributed by atoms with Crippen LogP contribution in [0.1, 0.15) is 38.1 Å². The Labute approximate surface area is 198 Å². The maximum atomic E-state index is 13.3. The molecule has 1 heterocycles. The Morgan fingerprint density at radius 3 is 2.06 bits per heavy atom. The predicted octanol–water partition coefficient (Wildman–Crippen LogP) is 4.23. The Morgan fingerprint density at radius 2 is 1.59 bits per heavy atom. The second-order valence-electron chi connectivity index (χ2n) is 9.48. The Hall–Kier alpha value is -1.51. The second kappa shape index (κ2) is 10.2. The molecule has 0 saturated carbocycles. The Morgan fingerprint density at radius 1 is 1.03 bits per heavy atom. The van der Waals surface area contributed by atoms with Crippen molar-refractivity contribution in [3.05, 3.63) is 35.9 Å². The lowest BCUT2D eigenvalue weighted by Crippen LogP contribution is -2.63. The van der Waals surface area contributed by atoms with Gasteiger partial charge in [0.1, 0.15) is 12.2 Å². The third-order valence-electron chi connectivity index (χ3n) is 5.97. The van der Waals surface area contributed by atoms with Gasteiger partial charge >= 0.3 is 21.6 Å². The highest BCUT2D eigenvalue weighted by molar-refractivity contribution is 7.87. The average Bonchev–Trinajstić information content (AvgIpc) is 2.71. The molecule has 8 nitrogen and oxygen atoms in total. The molecule has 2 rings (SSSR count). The van der Waals surface area contributed by atoms with Crippen molar-refractivity contribution in [2.45, 2.75) is 82.0 Å². The molecule has 0 amide bonds. The maximum Gasteiger partial charge on any atom is 0.523 e. The average molecular weight is 529 g/mol. The molecule has 1 saturated heterocycles. The van der Waals surface area contributed by atoms with E-state index in [1.54, 1.807) is 18.2 Å². The molecule has 34 heavy (non-hydrogen) atoms. The van der Waals surface area contributed by atoms with E-state index in [2.05, 4.69) is 4.18 Å². The zero-order chi connectivity index (χ0) is 26.1. The summed E-state index contributed by atoms with van der Waals surface area (Å²) in [5, 5.41) is -0.380. The number of methoxy groups -OCH3 is 1. The molecule has 1 fully saturated rings. The topological polar surface area (TPSA) is 97.4 Å². The van der Waals surface area contributed by atoms with E-state index >= 15 is 0 Å². The van der Waals surface area contributed by atoms with Crippen molar-refractivity contribution in [2.75, 3.05) is 7.11 Å². The van der Waals surface area contributed by atoms with Crippen LogP contribution >= 0.6 is 0 Å². The van der Waals surface area contributed by atoms with Crippen LogP contribution in [0.5, 0.6) is 0 Å². The molecule has 1 aromatic rings. The van der Waals surface area contributed by atoms with Crippen molar-refractivity contribution in [1.82, 2.24) is 0 Å². The summed E-state index contributed by atoms with van der Waals surface area (Å²) in [6.07, 6.45) is -7.23. The highest BCUT2D eigenvalue weighted by atomic mass is 32.2. The summed E-state index contributed by atoms with van der Waals surface area (Å²) in [7, 11) is -7.57. The monoisotopic (exact) mass is 528 g/mol. The first-order valence-corrected chi connectivity index (χ1v) is 14.8. The van der Waals surface area contributed by atoms with Gasteiger partial charge in [-0.15, -0.1) is 0 Å².